The largest absolute Gasteiger partial charge is 0.472 e. The second kappa shape index (κ2) is 46.0. The van der Waals surface area contributed by atoms with Crippen LogP contribution in [0.15, 0.2) is 24.3 Å². The Bertz CT molecular complexity index is 1010. The molecule has 9 heteroatoms. The van der Waals surface area contributed by atoms with Crippen LogP contribution in [0.4, 0.5) is 0 Å². The maximum absolute atomic E-state index is 12.6. The van der Waals surface area contributed by atoms with Gasteiger partial charge in [-0.1, -0.05) is 218 Å². The monoisotopic (exact) mass is 855 g/mol. The van der Waals surface area contributed by atoms with Gasteiger partial charge in [-0.05, 0) is 51.9 Å². The minimum Gasteiger partial charge on any atom is -0.462 e. The van der Waals surface area contributed by atoms with Crippen molar-refractivity contribution < 1.29 is 37.6 Å². The quantitative estimate of drug-likeness (QED) is 0.0279. The Hall–Kier alpha value is -1.47. The van der Waals surface area contributed by atoms with Crippen molar-refractivity contribution >= 4 is 19.8 Å². The molecule has 0 aliphatic rings. The second-order valence-corrected chi connectivity index (χ2v) is 18.3. The first-order valence-corrected chi connectivity index (χ1v) is 26.6. The van der Waals surface area contributed by atoms with Crippen molar-refractivity contribution in [2.75, 3.05) is 19.8 Å². The molecule has 59 heavy (non-hydrogen) atoms. The molecule has 0 fully saturated rings. The smallest absolute Gasteiger partial charge is 0.462 e. The van der Waals surface area contributed by atoms with Gasteiger partial charge in [0.1, 0.15) is 6.61 Å². The van der Waals surface area contributed by atoms with Crippen LogP contribution in [0.2, 0.25) is 0 Å². The van der Waals surface area contributed by atoms with E-state index in [4.69, 9.17) is 18.5 Å². The highest BCUT2D eigenvalue weighted by molar-refractivity contribution is 7.47. The van der Waals surface area contributed by atoms with Gasteiger partial charge in [0.05, 0.1) is 13.2 Å². The van der Waals surface area contributed by atoms with Crippen molar-refractivity contribution in [2.24, 2.45) is 0 Å². The Morgan fingerprint density at radius 1 is 0.458 bits per heavy atom. The summed E-state index contributed by atoms with van der Waals surface area (Å²) >= 11 is 0. The van der Waals surface area contributed by atoms with Crippen molar-refractivity contribution in [3.05, 3.63) is 24.3 Å². The molecular weight excluding hydrogens is 760 g/mol. The number of hydrogen-bond acceptors (Lipinski definition) is 7. The number of phosphoric ester groups is 1. The van der Waals surface area contributed by atoms with Gasteiger partial charge in [-0.15, -0.1) is 0 Å². The van der Waals surface area contributed by atoms with E-state index in [0.717, 1.165) is 44.9 Å². The van der Waals surface area contributed by atoms with Crippen molar-refractivity contribution in [1.29, 1.82) is 0 Å². The molecule has 0 saturated carbocycles. The van der Waals surface area contributed by atoms with Gasteiger partial charge in [0, 0.05) is 12.8 Å². The molecule has 0 aliphatic carbocycles. The number of carbonyl (C=O) groups excluding carboxylic acids is 2. The van der Waals surface area contributed by atoms with Crippen LogP contribution in [0.1, 0.15) is 258 Å². The number of phosphoric acid groups is 1. The van der Waals surface area contributed by atoms with E-state index in [1.165, 1.54) is 173 Å². The van der Waals surface area contributed by atoms with E-state index >= 15 is 0 Å². The van der Waals surface area contributed by atoms with E-state index < -0.39 is 19.9 Å². The molecule has 0 radical (unpaired) electrons. The summed E-state index contributed by atoms with van der Waals surface area (Å²) in [5.41, 5.74) is 0. The zero-order valence-corrected chi connectivity index (χ0v) is 39.8. The molecule has 0 heterocycles. The third-order valence-electron chi connectivity index (χ3n) is 11.0. The van der Waals surface area contributed by atoms with Crippen molar-refractivity contribution in [3.63, 3.8) is 0 Å². The zero-order chi connectivity index (χ0) is 43.2. The lowest BCUT2D eigenvalue weighted by Gasteiger charge is -2.19. The standard InChI is InChI=1S/C50H95O8P/c1-4-7-9-11-13-15-17-19-21-23-25-27-28-30-32-34-36-38-40-42-44-49(51)55-46-48(47-57-59(53,54)56-6-3)58-50(52)45-43-41-39-37-35-33-31-29-26-24-22-20-18-16-14-12-10-8-5-2/h14,16,20,22,48H,4-13,15,17-19,21,23-47H2,1-3H3,(H,53,54)/b16-14-,22-20-. The number of rotatable bonds is 47. The highest BCUT2D eigenvalue weighted by Crippen LogP contribution is 2.43. The van der Waals surface area contributed by atoms with Gasteiger partial charge in [0.25, 0.3) is 0 Å². The molecule has 0 aromatic heterocycles. The first-order chi connectivity index (χ1) is 28.8. The third-order valence-corrected chi connectivity index (χ3v) is 12.1. The summed E-state index contributed by atoms with van der Waals surface area (Å²) in [4.78, 5) is 34.9. The second-order valence-electron chi connectivity index (χ2n) is 16.8. The van der Waals surface area contributed by atoms with Gasteiger partial charge in [0.15, 0.2) is 6.10 Å². The summed E-state index contributed by atoms with van der Waals surface area (Å²) in [6.45, 7) is 5.50. The Kier molecular flexibility index (Phi) is 44.9. The van der Waals surface area contributed by atoms with Gasteiger partial charge in [-0.3, -0.25) is 18.6 Å². The van der Waals surface area contributed by atoms with Crippen LogP contribution >= 0.6 is 7.82 Å². The summed E-state index contributed by atoms with van der Waals surface area (Å²) in [6, 6.07) is 0. The fraction of sp³-hybridized carbons (Fsp3) is 0.880. The minimum atomic E-state index is -4.28. The normalized spacial score (nSPS) is 13.4. The number of hydrogen-bond donors (Lipinski definition) is 1. The first-order valence-electron chi connectivity index (χ1n) is 25.1. The van der Waals surface area contributed by atoms with Crippen LogP contribution in [-0.4, -0.2) is 42.8 Å². The zero-order valence-electron chi connectivity index (χ0n) is 38.9. The predicted octanol–water partition coefficient (Wildman–Crippen LogP) is 16.2. The average molecular weight is 855 g/mol. The SMILES string of the molecule is CCCCC/C=C\C/C=C\CCCCCCCCCCCC(=O)OC(COC(=O)CCCCCCCCCCCCCCCCCCCCCC)COP(=O)(O)OCC. The molecule has 0 aromatic rings. The van der Waals surface area contributed by atoms with Crippen LogP contribution in [0.3, 0.4) is 0 Å². The van der Waals surface area contributed by atoms with E-state index in [1.54, 1.807) is 6.92 Å². The molecule has 0 aliphatic heterocycles. The molecule has 1 N–H and O–H groups in total. The summed E-state index contributed by atoms with van der Waals surface area (Å²) in [5.74, 6) is -0.788. The van der Waals surface area contributed by atoms with Crippen molar-refractivity contribution in [3.8, 4) is 0 Å². The fourth-order valence-corrected chi connectivity index (χ4v) is 8.06. The van der Waals surface area contributed by atoms with Crippen LogP contribution < -0.4 is 0 Å². The Morgan fingerprint density at radius 3 is 1.24 bits per heavy atom. The van der Waals surface area contributed by atoms with Gasteiger partial charge >= 0.3 is 19.8 Å². The molecule has 348 valence electrons. The molecular formula is C50H95O8P. The number of allylic oxidation sites excluding steroid dienone is 4. The van der Waals surface area contributed by atoms with E-state index in [0.29, 0.717) is 12.8 Å². The van der Waals surface area contributed by atoms with Crippen LogP contribution in [0, 0.1) is 0 Å². The predicted molar refractivity (Wildman–Crippen MR) is 249 cm³/mol. The maximum Gasteiger partial charge on any atom is 0.472 e. The van der Waals surface area contributed by atoms with Crippen LogP contribution in [0.5, 0.6) is 0 Å². The lowest BCUT2D eigenvalue weighted by atomic mass is 10.0. The summed E-state index contributed by atoms with van der Waals surface area (Å²) < 4.78 is 32.8. The van der Waals surface area contributed by atoms with Crippen molar-refractivity contribution in [2.45, 2.75) is 264 Å². The van der Waals surface area contributed by atoms with E-state index in [9.17, 15) is 19.0 Å². The molecule has 0 bridgehead atoms. The molecule has 0 amide bonds. The van der Waals surface area contributed by atoms with Crippen LogP contribution in [0.25, 0.3) is 0 Å². The van der Waals surface area contributed by atoms with Gasteiger partial charge in [-0.25, -0.2) is 4.57 Å². The number of carbonyl (C=O) groups is 2. The highest BCUT2D eigenvalue weighted by Gasteiger charge is 2.25. The molecule has 0 spiro atoms. The summed E-state index contributed by atoms with van der Waals surface area (Å²) in [5, 5.41) is 0. The lowest BCUT2D eigenvalue weighted by Crippen LogP contribution is -2.29. The first kappa shape index (κ1) is 57.5. The molecule has 0 aromatic carbocycles. The molecule has 8 nitrogen and oxygen atoms in total. The number of ether oxygens (including phenoxy) is 2. The maximum atomic E-state index is 12.6. The lowest BCUT2D eigenvalue weighted by molar-refractivity contribution is -0.161. The van der Waals surface area contributed by atoms with Crippen molar-refractivity contribution in [1.82, 2.24) is 0 Å². The van der Waals surface area contributed by atoms with Crippen LogP contribution in [-0.2, 0) is 32.7 Å². The van der Waals surface area contributed by atoms with Gasteiger partial charge in [0.2, 0.25) is 0 Å². The highest BCUT2D eigenvalue weighted by atomic mass is 31.2. The van der Waals surface area contributed by atoms with E-state index in [2.05, 4.69) is 38.2 Å². The summed E-state index contributed by atoms with van der Waals surface area (Å²) in [6.07, 6.45) is 52.4. The Morgan fingerprint density at radius 2 is 0.814 bits per heavy atom. The molecule has 2 atom stereocenters. The minimum absolute atomic E-state index is 0.00185. The van der Waals surface area contributed by atoms with E-state index in [1.807, 2.05) is 0 Å². The molecule has 0 rings (SSSR count). The Labute approximate surface area is 364 Å². The topological polar surface area (TPSA) is 108 Å². The number of unbranched alkanes of at least 4 members (excludes halogenated alkanes) is 31. The Balaban J connectivity index is 3.96. The molecule has 0 saturated heterocycles. The third kappa shape index (κ3) is 45.9. The molecule has 2 unspecified atom stereocenters. The summed E-state index contributed by atoms with van der Waals surface area (Å²) in [7, 11) is -4.28. The average Bonchev–Trinajstić information content (AvgIpc) is 3.22. The van der Waals surface area contributed by atoms with E-state index in [-0.39, 0.29) is 32.2 Å². The number of esters is 2. The fourth-order valence-electron chi connectivity index (χ4n) is 7.31. The van der Waals surface area contributed by atoms with Gasteiger partial charge < -0.3 is 14.4 Å². The van der Waals surface area contributed by atoms with Gasteiger partial charge in [-0.2, -0.15) is 0 Å².